The van der Waals surface area contributed by atoms with E-state index in [4.69, 9.17) is 10.5 Å². The van der Waals surface area contributed by atoms with E-state index in [0.29, 0.717) is 24.2 Å². The van der Waals surface area contributed by atoms with E-state index in [1.54, 1.807) is 0 Å². The normalized spacial score (nSPS) is 43.6. The number of carbonyl (C=O) groups is 3. The molecule has 7 nitrogen and oxygen atoms in total. The van der Waals surface area contributed by atoms with Gasteiger partial charge in [-0.15, -0.1) is 0 Å². The molecule has 0 aromatic rings. The molecule has 29 heavy (non-hydrogen) atoms. The van der Waals surface area contributed by atoms with Crippen LogP contribution in [0, 0.1) is 34.5 Å². The summed E-state index contributed by atoms with van der Waals surface area (Å²) < 4.78 is 5.98. The van der Waals surface area contributed by atoms with Gasteiger partial charge < -0.3 is 15.4 Å². The number of nitriles is 1. The maximum absolute atomic E-state index is 13.3. The van der Waals surface area contributed by atoms with Crippen molar-refractivity contribution >= 4 is 17.8 Å². The molecular weight excluding hydrogens is 370 g/mol. The van der Waals surface area contributed by atoms with Gasteiger partial charge in [-0.1, -0.05) is 0 Å². The lowest BCUT2D eigenvalue weighted by atomic mass is 9.47. The van der Waals surface area contributed by atoms with Crippen LogP contribution in [-0.2, 0) is 19.1 Å². The largest absolute Gasteiger partial charge is 0.459 e. The van der Waals surface area contributed by atoms with Crippen LogP contribution in [0.25, 0.3) is 0 Å². The van der Waals surface area contributed by atoms with E-state index in [9.17, 15) is 19.6 Å². The van der Waals surface area contributed by atoms with Crippen molar-refractivity contribution in [2.45, 2.75) is 88.3 Å². The highest BCUT2D eigenvalue weighted by molar-refractivity contribution is 5.80. The number of nitrogens with zero attached hydrogens (tertiary/aromatic N) is 2. The van der Waals surface area contributed by atoms with Gasteiger partial charge in [-0.2, -0.15) is 5.26 Å². The molecule has 2 amide bonds. The second-order valence-corrected chi connectivity index (χ2v) is 10.5. The fourth-order valence-electron chi connectivity index (χ4n) is 7.55. The molecule has 7 heteroatoms. The second kappa shape index (κ2) is 6.45. The van der Waals surface area contributed by atoms with E-state index in [2.05, 4.69) is 6.07 Å². The zero-order chi connectivity index (χ0) is 20.4. The van der Waals surface area contributed by atoms with Crippen molar-refractivity contribution in [2.75, 3.05) is 0 Å². The van der Waals surface area contributed by atoms with Gasteiger partial charge in [0.1, 0.15) is 11.6 Å². The highest BCUT2D eigenvalue weighted by atomic mass is 16.6. The molecule has 0 spiro atoms. The van der Waals surface area contributed by atoms with Crippen molar-refractivity contribution in [1.82, 2.24) is 4.90 Å². The van der Waals surface area contributed by atoms with Gasteiger partial charge in [-0.25, -0.2) is 0 Å². The van der Waals surface area contributed by atoms with E-state index in [1.807, 2.05) is 4.90 Å². The number of ether oxygens (including phenoxy) is 1. The van der Waals surface area contributed by atoms with Gasteiger partial charge in [0.2, 0.25) is 11.8 Å². The molecule has 5 aliphatic carbocycles. The van der Waals surface area contributed by atoms with Gasteiger partial charge in [0.25, 0.3) is 0 Å². The van der Waals surface area contributed by atoms with Gasteiger partial charge >= 0.3 is 5.97 Å². The van der Waals surface area contributed by atoms with Crippen LogP contribution in [0.2, 0.25) is 0 Å². The van der Waals surface area contributed by atoms with Crippen molar-refractivity contribution in [3.63, 3.8) is 0 Å². The van der Waals surface area contributed by atoms with Crippen molar-refractivity contribution < 1.29 is 19.1 Å². The number of nitrogens with two attached hydrogens (primary N) is 1. The van der Waals surface area contributed by atoms with Gasteiger partial charge in [0.05, 0.1) is 12.5 Å². The molecule has 5 saturated carbocycles. The van der Waals surface area contributed by atoms with Crippen LogP contribution in [0.15, 0.2) is 0 Å². The van der Waals surface area contributed by atoms with Crippen LogP contribution in [0.4, 0.5) is 0 Å². The standard InChI is InChI=1S/C22H29N3O4/c23-11-16-4-15-5-17(15)25(16)19(27)10-21-6-13-3-14(7-21)9-22(8-13,12-21)29-20(28)2-1-18(24)26/h13-17H,1-10,12H2,(H2,24,26). The van der Waals surface area contributed by atoms with Crippen LogP contribution in [-0.4, -0.2) is 40.4 Å². The highest BCUT2D eigenvalue weighted by Gasteiger charge is 2.61. The third-order valence-corrected chi connectivity index (χ3v) is 8.10. The summed E-state index contributed by atoms with van der Waals surface area (Å²) in [7, 11) is 0. The van der Waals surface area contributed by atoms with Crippen LogP contribution in [0.5, 0.6) is 0 Å². The minimum Gasteiger partial charge on any atom is -0.459 e. The highest BCUT2D eigenvalue weighted by Crippen LogP contribution is 2.64. The number of amides is 2. The SMILES string of the molecule is N#CC1CC2CC2N1C(=O)CC12CC3CC(C1)CC(OC(=O)CCC(N)=O)(C3)C2. The van der Waals surface area contributed by atoms with Crippen molar-refractivity contribution in [3.8, 4) is 6.07 Å². The number of hydrogen-bond acceptors (Lipinski definition) is 5. The molecule has 4 bridgehead atoms. The summed E-state index contributed by atoms with van der Waals surface area (Å²) in [5.41, 5.74) is 4.56. The van der Waals surface area contributed by atoms with E-state index >= 15 is 0 Å². The Kier molecular flexibility index (Phi) is 4.20. The number of carbonyl (C=O) groups excluding carboxylic acids is 3. The molecule has 0 aromatic heterocycles. The lowest BCUT2D eigenvalue weighted by molar-refractivity contribution is -0.203. The fourth-order valence-corrected chi connectivity index (χ4v) is 7.55. The number of hydrogen-bond donors (Lipinski definition) is 1. The lowest BCUT2D eigenvalue weighted by Gasteiger charge is -2.61. The maximum Gasteiger partial charge on any atom is 0.306 e. The fraction of sp³-hybridized carbons (Fsp3) is 0.818. The first-order valence-corrected chi connectivity index (χ1v) is 11.0. The Labute approximate surface area is 170 Å². The zero-order valence-corrected chi connectivity index (χ0v) is 16.8. The third kappa shape index (κ3) is 3.31. The molecule has 6 aliphatic rings. The van der Waals surface area contributed by atoms with Gasteiger partial charge in [-0.3, -0.25) is 14.4 Å². The predicted molar refractivity (Wildman–Crippen MR) is 102 cm³/mol. The first-order valence-electron chi connectivity index (χ1n) is 11.0. The summed E-state index contributed by atoms with van der Waals surface area (Å²) in [4.78, 5) is 38.5. The predicted octanol–water partition coefficient (Wildman–Crippen LogP) is 2.04. The second-order valence-electron chi connectivity index (χ2n) is 10.5. The first-order chi connectivity index (χ1) is 13.8. The molecular formula is C22H29N3O4. The summed E-state index contributed by atoms with van der Waals surface area (Å²) in [5.74, 6) is 0.790. The maximum atomic E-state index is 13.3. The Morgan fingerprint density at radius 1 is 1.07 bits per heavy atom. The van der Waals surface area contributed by atoms with Crippen LogP contribution < -0.4 is 5.73 Å². The molecule has 1 saturated heterocycles. The zero-order valence-electron chi connectivity index (χ0n) is 16.8. The quantitative estimate of drug-likeness (QED) is 0.687. The summed E-state index contributed by atoms with van der Waals surface area (Å²) in [6, 6.07) is 2.33. The first kappa shape index (κ1) is 18.9. The van der Waals surface area contributed by atoms with E-state index < -0.39 is 11.5 Å². The van der Waals surface area contributed by atoms with Crippen molar-refractivity contribution in [1.29, 1.82) is 5.26 Å². The topological polar surface area (TPSA) is 113 Å². The number of fused-ring (bicyclic) bond motifs is 1. The summed E-state index contributed by atoms with van der Waals surface area (Å²) in [6.07, 6.45) is 8.07. The molecule has 5 unspecified atom stereocenters. The monoisotopic (exact) mass is 399 g/mol. The van der Waals surface area contributed by atoms with Crippen LogP contribution >= 0.6 is 0 Å². The molecule has 156 valence electrons. The van der Waals surface area contributed by atoms with Crippen LogP contribution in [0.1, 0.15) is 70.6 Å². The Morgan fingerprint density at radius 2 is 1.79 bits per heavy atom. The van der Waals surface area contributed by atoms with Gasteiger partial charge in [0, 0.05) is 18.9 Å². The third-order valence-electron chi connectivity index (χ3n) is 8.10. The van der Waals surface area contributed by atoms with Crippen molar-refractivity contribution in [3.05, 3.63) is 0 Å². The van der Waals surface area contributed by atoms with Crippen LogP contribution in [0.3, 0.4) is 0 Å². The number of piperidine rings is 1. The minimum absolute atomic E-state index is 0.0124. The average Bonchev–Trinajstić information content (AvgIpc) is 3.27. The summed E-state index contributed by atoms with van der Waals surface area (Å²) >= 11 is 0. The molecule has 0 radical (unpaired) electrons. The molecule has 5 atom stereocenters. The molecule has 1 aliphatic heterocycles. The Bertz CT molecular complexity index is 788. The van der Waals surface area contributed by atoms with Crippen molar-refractivity contribution in [2.24, 2.45) is 28.9 Å². The van der Waals surface area contributed by atoms with E-state index in [1.165, 1.54) is 0 Å². The Morgan fingerprint density at radius 3 is 2.45 bits per heavy atom. The average molecular weight is 399 g/mol. The minimum atomic E-state index is -0.495. The molecule has 0 aromatic carbocycles. The van der Waals surface area contributed by atoms with E-state index in [0.717, 1.165) is 51.4 Å². The summed E-state index contributed by atoms with van der Waals surface area (Å²) in [5, 5.41) is 9.45. The molecule has 2 N–H and O–H groups in total. The molecule has 6 fully saturated rings. The molecule has 6 rings (SSSR count). The van der Waals surface area contributed by atoms with Gasteiger partial charge in [-0.05, 0) is 74.5 Å². The number of rotatable bonds is 6. The number of likely N-dealkylation sites (tertiary alicyclic amines) is 1. The molecule has 1 heterocycles. The number of esters is 1. The van der Waals surface area contributed by atoms with E-state index in [-0.39, 0.29) is 42.2 Å². The smallest absolute Gasteiger partial charge is 0.306 e. The summed E-state index contributed by atoms with van der Waals surface area (Å²) in [6.45, 7) is 0. The Balaban J connectivity index is 1.30. The Hall–Kier alpha value is -2.10. The lowest BCUT2D eigenvalue weighted by Crippen LogP contribution is -2.58. The van der Waals surface area contributed by atoms with Gasteiger partial charge in [0.15, 0.2) is 0 Å². The number of primary amides is 1.